The Labute approximate surface area is 165 Å². The van der Waals surface area contributed by atoms with Gasteiger partial charge in [0.25, 0.3) is 0 Å². The maximum Gasteiger partial charge on any atom is 0.328 e. The van der Waals surface area contributed by atoms with Crippen molar-refractivity contribution < 1.29 is 14.2 Å². The third-order valence-corrected chi connectivity index (χ3v) is 5.32. The van der Waals surface area contributed by atoms with Crippen LogP contribution < -0.4 is 0 Å². The van der Waals surface area contributed by atoms with Gasteiger partial charge >= 0.3 is 5.97 Å². The number of ether oxygens (including phenoxy) is 3. The minimum atomic E-state index is -1.07. The molecule has 0 amide bonds. The van der Waals surface area contributed by atoms with Crippen molar-refractivity contribution in [1.82, 2.24) is 0 Å². The molecule has 28 heavy (non-hydrogen) atoms. The molecule has 0 aliphatic carbocycles. The van der Waals surface area contributed by atoms with E-state index in [1.54, 1.807) is 0 Å². The second kappa shape index (κ2) is 7.27. The van der Waals surface area contributed by atoms with Gasteiger partial charge in [-0.3, -0.25) is 0 Å². The lowest BCUT2D eigenvalue weighted by molar-refractivity contribution is -0.316. The van der Waals surface area contributed by atoms with E-state index in [9.17, 15) is 0 Å². The Hall–Kier alpha value is -2.88. The van der Waals surface area contributed by atoms with Gasteiger partial charge in [0.15, 0.2) is 0 Å². The highest BCUT2D eigenvalue weighted by molar-refractivity contribution is 5.62. The summed E-state index contributed by atoms with van der Waals surface area (Å²) < 4.78 is 18.9. The van der Waals surface area contributed by atoms with Crippen molar-refractivity contribution >= 4 is 5.76 Å². The number of hydrogen-bond acceptors (Lipinski definition) is 3. The zero-order valence-electron chi connectivity index (χ0n) is 15.5. The van der Waals surface area contributed by atoms with Crippen LogP contribution in [0.15, 0.2) is 97.1 Å². The molecular weight excluding hydrogens is 348 g/mol. The van der Waals surface area contributed by atoms with E-state index < -0.39 is 5.97 Å². The first kappa shape index (κ1) is 17.2. The van der Waals surface area contributed by atoms with Crippen LogP contribution >= 0.6 is 0 Å². The highest BCUT2D eigenvalue weighted by Gasteiger charge is 2.49. The molecule has 3 aromatic carbocycles. The molecule has 2 aliphatic rings. The molecule has 1 fully saturated rings. The Balaban J connectivity index is 1.49. The third kappa shape index (κ3) is 3.35. The molecule has 5 rings (SSSR count). The van der Waals surface area contributed by atoms with Crippen LogP contribution in [0.25, 0.3) is 5.76 Å². The molecule has 140 valence electrons. The largest absolute Gasteiger partial charge is 0.439 e. The molecule has 0 aromatic heterocycles. The van der Waals surface area contributed by atoms with Crippen LogP contribution in [0.2, 0.25) is 0 Å². The van der Waals surface area contributed by atoms with Crippen molar-refractivity contribution in [2.45, 2.75) is 24.4 Å². The summed E-state index contributed by atoms with van der Waals surface area (Å²) in [7, 11) is 0. The van der Waals surface area contributed by atoms with E-state index in [2.05, 4.69) is 54.6 Å². The van der Waals surface area contributed by atoms with E-state index in [0.717, 1.165) is 16.9 Å². The molecule has 3 aromatic rings. The standard InChI is InChI=1S/C25H22O3/c1-4-10-19(11-5-1)22-16-23(20-12-6-2-7-13-20)27-25(17-22)26-18-24(28-25)21-14-8-3-9-15-21/h1-16,22,24H,17-18H2/t22-,24-,25-/m0/s1. The molecule has 2 heterocycles. The maximum atomic E-state index is 6.39. The van der Waals surface area contributed by atoms with Gasteiger partial charge in [-0.1, -0.05) is 91.0 Å². The molecule has 0 N–H and O–H groups in total. The van der Waals surface area contributed by atoms with Gasteiger partial charge < -0.3 is 14.2 Å². The fraction of sp³-hybridized carbons (Fsp3) is 0.200. The van der Waals surface area contributed by atoms with Crippen molar-refractivity contribution in [1.29, 1.82) is 0 Å². The van der Waals surface area contributed by atoms with Crippen molar-refractivity contribution in [3.8, 4) is 0 Å². The Bertz CT molecular complexity index is 953. The summed E-state index contributed by atoms with van der Waals surface area (Å²) >= 11 is 0. The Kier molecular flexibility index (Phi) is 4.47. The molecule has 3 heteroatoms. The van der Waals surface area contributed by atoms with Gasteiger partial charge in [0.2, 0.25) is 0 Å². The van der Waals surface area contributed by atoms with Crippen molar-refractivity contribution in [2.24, 2.45) is 0 Å². The zero-order valence-corrected chi connectivity index (χ0v) is 15.5. The van der Waals surface area contributed by atoms with Crippen LogP contribution in [0, 0.1) is 0 Å². The molecule has 1 spiro atoms. The smallest absolute Gasteiger partial charge is 0.328 e. The van der Waals surface area contributed by atoms with Gasteiger partial charge in [-0.2, -0.15) is 0 Å². The average Bonchev–Trinajstić information content (AvgIpc) is 3.18. The van der Waals surface area contributed by atoms with E-state index in [0.29, 0.717) is 13.0 Å². The maximum absolute atomic E-state index is 6.39. The summed E-state index contributed by atoms with van der Waals surface area (Å²) in [6.45, 7) is 0.480. The van der Waals surface area contributed by atoms with Gasteiger partial charge in [-0.05, 0) is 17.2 Å². The zero-order chi connectivity index (χ0) is 18.8. The molecule has 2 aliphatic heterocycles. The quantitative estimate of drug-likeness (QED) is 0.594. The first-order chi connectivity index (χ1) is 13.8. The van der Waals surface area contributed by atoms with E-state index >= 15 is 0 Å². The highest BCUT2D eigenvalue weighted by Crippen LogP contribution is 2.47. The van der Waals surface area contributed by atoms with Crippen LogP contribution in [-0.2, 0) is 14.2 Å². The summed E-state index contributed by atoms with van der Waals surface area (Å²) in [4.78, 5) is 0. The van der Waals surface area contributed by atoms with Crippen LogP contribution in [0.4, 0.5) is 0 Å². The van der Waals surface area contributed by atoms with E-state index in [1.165, 1.54) is 5.56 Å². The SMILES string of the molecule is C1=C(c2ccccc2)O[C@]2(C[C@H]1c1ccccc1)OC[C@@H](c1ccccc1)O2. The first-order valence-electron chi connectivity index (χ1n) is 9.69. The van der Waals surface area contributed by atoms with Crippen LogP contribution in [0.3, 0.4) is 0 Å². The Morgan fingerprint density at radius 1 is 0.714 bits per heavy atom. The van der Waals surface area contributed by atoms with E-state index in [4.69, 9.17) is 14.2 Å². The van der Waals surface area contributed by atoms with Gasteiger partial charge in [0, 0.05) is 11.5 Å². The Morgan fingerprint density at radius 2 is 1.32 bits per heavy atom. The van der Waals surface area contributed by atoms with Crippen molar-refractivity contribution in [3.05, 3.63) is 114 Å². The number of allylic oxidation sites excluding steroid dienone is 1. The Morgan fingerprint density at radius 3 is 2.00 bits per heavy atom. The van der Waals surface area contributed by atoms with Crippen molar-refractivity contribution in [3.63, 3.8) is 0 Å². The van der Waals surface area contributed by atoms with Gasteiger partial charge in [0.05, 0.1) is 13.0 Å². The normalized spacial score (nSPS) is 26.6. The minimum absolute atomic E-state index is 0.132. The first-order valence-corrected chi connectivity index (χ1v) is 9.69. The van der Waals surface area contributed by atoms with Gasteiger partial charge in [-0.15, -0.1) is 0 Å². The highest BCUT2D eigenvalue weighted by atomic mass is 16.9. The molecule has 0 saturated carbocycles. The molecular formula is C25H22O3. The van der Waals surface area contributed by atoms with Crippen LogP contribution in [0.5, 0.6) is 0 Å². The monoisotopic (exact) mass is 370 g/mol. The second-order valence-electron chi connectivity index (χ2n) is 7.23. The number of hydrogen-bond donors (Lipinski definition) is 0. The molecule has 0 unspecified atom stereocenters. The summed E-state index contributed by atoms with van der Waals surface area (Å²) in [5.74, 6) is -0.116. The molecule has 0 bridgehead atoms. The second-order valence-corrected chi connectivity index (χ2v) is 7.23. The van der Waals surface area contributed by atoms with Gasteiger partial charge in [0.1, 0.15) is 11.9 Å². The summed E-state index contributed by atoms with van der Waals surface area (Å²) in [5, 5.41) is 0. The summed E-state index contributed by atoms with van der Waals surface area (Å²) in [6, 6.07) is 30.8. The molecule has 0 radical (unpaired) electrons. The topological polar surface area (TPSA) is 27.7 Å². The lowest BCUT2D eigenvalue weighted by Crippen LogP contribution is -2.37. The molecule has 3 nitrogen and oxygen atoms in total. The number of benzene rings is 3. The van der Waals surface area contributed by atoms with Crippen molar-refractivity contribution in [2.75, 3.05) is 6.61 Å². The minimum Gasteiger partial charge on any atom is -0.439 e. The molecule has 1 saturated heterocycles. The lowest BCUT2D eigenvalue weighted by atomic mass is 9.91. The third-order valence-electron chi connectivity index (χ3n) is 5.32. The number of rotatable bonds is 3. The average molecular weight is 370 g/mol. The molecule has 3 atom stereocenters. The van der Waals surface area contributed by atoms with Gasteiger partial charge in [-0.25, -0.2) is 0 Å². The summed E-state index contributed by atoms with van der Waals surface area (Å²) in [6.07, 6.45) is 2.67. The fourth-order valence-corrected chi connectivity index (χ4v) is 3.91. The summed E-state index contributed by atoms with van der Waals surface area (Å²) in [5.41, 5.74) is 3.36. The van der Waals surface area contributed by atoms with E-state index in [1.807, 2.05) is 42.5 Å². The van der Waals surface area contributed by atoms with Crippen LogP contribution in [0.1, 0.15) is 35.1 Å². The van der Waals surface area contributed by atoms with Crippen LogP contribution in [-0.4, -0.2) is 12.6 Å². The van der Waals surface area contributed by atoms with E-state index in [-0.39, 0.29) is 12.0 Å². The predicted octanol–water partition coefficient (Wildman–Crippen LogP) is 5.67. The fourth-order valence-electron chi connectivity index (χ4n) is 3.91. The predicted molar refractivity (Wildman–Crippen MR) is 108 cm³/mol. The lowest BCUT2D eigenvalue weighted by Gasteiger charge is -2.36.